The van der Waals surface area contributed by atoms with E-state index < -0.39 is 6.04 Å². The maximum absolute atomic E-state index is 11.9. The Morgan fingerprint density at radius 2 is 2.22 bits per heavy atom. The lowest BCUT2D eigenvalue weighted by Gasteiger charge is -2.14. The van der Waals surface area contributed by atoms with Crippen molar-refractivity contribution in [3.63, 3.8) is 0 Å². The molecule has 96 valence electrons. The van der Waals surface area contributed by atoms with Gasteiger partial charge in [-0.25, -0.2) is 0 Å². The van der Waals surface area contributed by atoms with E-state index in [1.165, 1.54) is 16.2 Å². The summed E-state index contributed by atoms with van der Waals surface area (Å²) in [6, 6.07) is 1.67. The molecule has 1 heterocycles. The molecule has 5 heteroatoms. The molecule has 1 amide bonds. The SMILES string of the molecule is CC(C)[C@@H](N)C(=O)Nc1sc2c(c1C#N)CCC2. The molecule has 2 rings (SSSR count). The fraction of sp³-hybridized carbons (Fsp3) is 0.538. The summed E-state index contributed by atoms with van der Waals surface area (Å²) < 4.78 is 0. The van der Waals surface area contributed by atoms with Crippen molar-refractivity contribution >= 4 is 22.2 Å². The Labute approximate surface area is 111 Å². The normalized spacial score (nSPS) is 15.3. The number of anilines is 1. The third-order valence-electron chi connectivity index (χ3n) is 3.29. The average Bonchev–Trinajstić information content (AvgIpc) is 2.87. The van der Waals surface area contributed by atoms with Gasteiger partial charge >= 0.3 is 0 Å². The van der Waals surface area contributed by atoms with E-state index in [-0.39, 0.29) is 11.8 Å². The van der Waals surface area contributed by atoms with Crippen molar-refractivity contribution in [1.82, 2.24) is 0 Å². The summed E-state index contributed by atoms with van der Waals surface area (Å²) in [4.78, 5) is 13.1. The maximum atomic E-state index is 11.9. The van der Waals surface area contributed by atoms with Crippen LogP contribution in [0.1, 0.15) is 36.3 Å². The topological polar surface area (TPSA) is 78.9 Å². The maximum Gasteiger partial charge on any atom is 0.242 e. The standard InChI is InChI=1S/C13H17N3OS/c1-7(2)11(15)12(17)16-13-9(6-14)8-4-3-5-10(8)18-13/h7,11H,3-5,15H2,1-2H3,(H,16,17)/t11-/m1/s1. The van der Waals surface area contributed by atoms with Gasteiger partial charge in [-0.05, 0) is 30.7 Å². The number of nitrogens with zero attached hydrogens (tertiary/aromatic N) is 1. The van der Waals surface area contributed by atoms with Crippen LogP contribution in [0.3, 0.4) is 0 Å². The highest BCUT2D eigenvalue weighted by Crippen LogP contribution is 2.38. The highest BCUT2D eigenvalue weighted by Gasteiger charge is 2.25. The van der Waals surface area contributed by atoms with E-state index in [1.807, 2.05) is 13.8 Å². The number of nitrogens with two attached hydrogens (primary N) is 1. The minimum Gasteiger partial charge on any atom is -0.320 e. The van der Waals surface area contributed by atoms with Crippen LogP contribution in [-0.4, -0.2) is 11.9 Å². The largest absolute Gasteiger partial charge is 0.320 e. The second kappa shape index (κ2) is 5.09. The number of thiophene rings is 1. The molecule has 0 saturated heterocycles. The molecular weight excluding hydrogens is 246 g/mol. The van der Waals surface area contributed by atoms with Crippen LogP contribution in [0, 0.1) is 17.2 Å². The van der Waals surface area contributed by atoms with Gasteiger partial charge < -0.3 is 11.1 Å². The smallest absolute Gasteiger partial charge is 0.242 e. The Kier molecular flexibility index (Phi) is 3.69. The van der Waals surface area contributed by atoms with Crippen LogP contribution in [0.4, 0.5) is 5.00 Å². The molecule has 0 aliphatic heterocycles. The number of hydrogen-bond donors (Lipinski definition) is 2. The minimum absolute atomic E-state index is 0.0855. The summed E-state index contributed by atoms with van der Waals surface area (Å²) in [6.45, 7) is 3.81. The van der Waals surface area contributed by atoms with Crippen molar-refractivity contribution in [2.24, 2.45) is 11.7 Å². The molecule has 0 fully saturated rings. The first-order valence-corrected chi connectivity index (χ1v) is 6.97. The first kappa shape index (κ1) is 13.1. The van der Waals surface area contributed by atoms with E-state index in [1.54, 1.807) is 0 Å². The highest BCUT2D eigenvalue weighted by molar-refractivity contribution is 7.16. The Bertz CT molecular complexity index is 513. The van der Waals surface area contributed by atoms with Gasteiger partial charge in [-0.15, -0.1) is 11.3 Å². The fourth-order valence-electron chi connectivity index (χ4n) is 2.11. The molecule has 1 aromatic heterocycles. The van der Waals surface area contributed by atoms with Crippen LogP contribution in [0.25, 0.3) is 0 Å². The predicted molar refractivity (Wildman–Crippen MR) is 72.5 cm³/mol. The predicted octanol–water partition coefficient (Wildman–Crippen LogP) is 2.03. The van der Waals surface area contributed by atoms with Gasteiger partial charge in [-0.3, -0.25) is 4.79 Å². The van der Waals surface area contributed by atoms with Crippen molar-refractivity contribution < 1.29 is 4.79 Å². The van der Waals surface area contributed by atoms with Crippen LogP contribution in [0.15, 0.2) is 0 Å². The lowest BCUT2D eigenvalue weighted by molar-refractivity contribution is -0.118. The third kappa shape index (κ3) is 2.26. The number of aryl methyl sites for hydroxylation is 1. The van der Waals surface area contributed by atoms with Crippen LogP contribution in [-0.2, 0) is 17.6 Å². The van der Waals surface area contributed by atoms with Gasteiger partial charge in [-0.2, -0.15) is 5.26 Å². The number of rotatable bonds is 3. The molecule has 0 bridgehead atoms. The number of fused-ring (bicyclic) bond motifs is 1. The summed E-state index contributed by atoms with van der Waals surface area (Å²) >= 11 is 1.52. The first-order valence-electron chi connectivity index (χ1n) is 6.15. The van der Waals surface area contributed by atoms with Crippen LogP contribution >= 0.6 is 11.3 Å². The molecule has 1 atom stereocenters. The molecule has 0 aromatic carbocycles. The molecule has 1 aromatic rings. The summed E-state index contributed by atoms with van der Waals surface area (Å²) in [5.74, 6) is -0.122. The van der Waals surface area contributed by atoms with Gasteiger partial charge in [0.1, 0.15) is 11.1 Å². The molecular formula is C13H17N3OS. The zero-order chi connectivity index (χ0) is 13.3. The molecule has 1 aliphatic rings. The van der Waals surface area contributed by atoms with E-state index >= 15 is 0 Å². The average molecular weight is 263 g/mol. The van der Waals surface area contributed by atoms with Crippen molar-refractivity contribution in [3.05, 3.63) is 16.0 Å². The van der Waals surface area contributed by atoms with Gasteiger partial charge in [0.25, 0.3) is 0 Å². The van der Waals surface area contributed by atoms with Crippen molar-refractivity contribution in [2.75, 3.05) is 5.32 Å². The molecule has 3 N–H and O–H groups in total. The number of amides is 1. The van der Waals surface area contributed by atoms with Gasteiger partial charge in [-0.1, -0.05) is 13.8 Å². The van der Waals surface area contributed by atoms with E-state index in [2.05, 4.69) is 11.4 Å². The van der Waals surface area contributed by atoms with E-state index in [0.717, 1.165) is 24.8 Å². The Hall–Kier alpha value is -1.38. The van der Waals surface area contributed by atoms with E-state index in [9.17, 15) is 10.1 Å². The van der Waals surface area contributed by atoms with E-state index in [0.29, 0.717) is 10.6 Å². The second-order valence-electron chi connectivity index (χ2n) is 4.93. The van der Waals surface area contributed by atoms with Crippen molar-refractivity contribution in [1.29, 1.82) is 5.26 Å². The summed E-state index contributed by atoms with van der Waals surface area (Å²) in [6.07, 6.45) is 3.07. The summed E-state index contributed by atoms with van der Waals surface area (Å²) in [5, 5.41) is 12.7. The van der Waals surface area contributed by atoms with Crippen LogP contribution < -0.4 is 11.1 Å². The monoisotopic (exact) mass is 263 g/mol. The molecule has 0 unspecified atom stereocenters. The lowest BCUT2D eigenvalue weighted by atomic mass is 10.1. The van der Waals surface area contributed by atoms with Crippen molar-refractivity contribution in [2.45, 2.75) is 39.2 Å². The number of nitrogens with one attached hydrogen (secondary N) is 1. The fourth-order valence-corrected chi connectivity index (χ4v) is 3.35. The number of carbonyl (C=O) groups is 1. The molecule has 0 spiro atoms. The van der Waals surface area contributed by atoms with Crippen LogP contribution in [0.2, 0.25) is 0 Å². The van der Waals surface area contributed by atoms with Crippen molar-refractivity contribution in [3.8, 4) is 6.07 Å². The van der Waals surface area contributed by atoms with Gasteiger partial charge in [0, 0.05) is 4.88 Å². The first-order chi connectivity index (χ1) is 8.54. The highest BCUT2D eigenvalue weighted by atomic mass is 32.1. The van der Waals surface area contributed by atoms with E-state index in [4.69, 9.17) is 5.73 Å². The number of carbonyl (C=O) groups excluding carboxylic acids is 1. The lowest BCUT2D eigenvalue weighted by Crippen LogP contribution is -2.39. The molecule has 0 saturated carbocycles. The zero-order valence-corrected chi connectivity index (χ0v) is 11.4. The number of nitriles is 1. The number of hydrogen-bond acceptors (Lipinski definition) is 4. The third-order valence-corrected chi connectivity index (χ3v) is 4.50. The van der Waals surface area contributed by atoms with Gasteiger partial charge in [0.15, 0.2) is 0 Å². The van der Waals surface area contributed by atoms with Gasteiger partial charge in [0.05, 0.1) is 11.6 Å². The molecule has 4 nitrogen and oxygen atoms in total. The summed E-state index contributed by atoms with van der Waals surface area (Å²) in [5.41, 5.74) is 7.56. The molecule has 18 heavy (non-hydrogen) atoms. The van der Waals surface area contributed by atoms with Gasteiger partial charge in [0.2, 0.25) is 5.91 Å². The van der Waals surface area contributed by atoms with Crippen LogP contribution in [0.5, 0.6) is 0 Å². The Balaban J connectivity index is 2.21. The Morgan fingerprint density at radius 1 is 1.50 bits per heavy atom. The Morgan fingerprint density at radius 3 is 2.83 bits per heavy atom. The quantitative estimate of drug-likeness (QED) is 0.875. The summed E-state index contributed by atoms with van der Waals surface area (Å²) in [7, 11) is 0. The molecule has 1 aliphatic carbocycles. The zero-order valence-electron chi connectivity index (χ0n) is 10.6. The minimum atomic E-state index is -0.534. The second-order valence-corrected chi connectivity index (χ2v) is 6.04. The molecule has 0 radical (unpaired) electrons.